The largest absolute Gasteiger partial charge is 0.437 e. The maximum atomic E-state index is 6.56. The van der Waals surface area contributed by atoms with Crippen LogP contribution in [0.15, 0.2) is 0 Å². The van der Waals surface area contributed by atoms with E-state index in [9.17, 15) is 0 Å². The van der Waals surface area contributed by atoms with Gasteiger partial charge in [-0.05, 0) is 58.4 Å². The third-order valence-electron chi connectivity index (χ3n) is 3.92. The van der Waals surface area contributed by atoms with Crippen molar-refractivity contribution >= 4 is 34.0 Å². The molecule has 0 saturated carbocycles. The van der Waals surface area contributed by atoms with Crippen molar-refractivity contribution in [2.45, 2.75) is 104 Å². The van der Waals surface area contributed by atoms with Gasteiger partial charge in [0.2, 0.25) is 0 Å². The van der Waals surface area contributed by atoms with Gasteiger partial charge in [0, 0.05) is 7.11 Å². The molecule has 4 nitrogen and oxygen atoms in total. The average Bonchev–Trinajstić information content (AvgIpc) is 2.37. The van der Waals surface area contributed by atoms with Crippen LogP contribution in [0.3, 0.4) is 0 Å². The van der Waals surface area contributed by atoms with Crippen LogP contribution in [0.25, 0.3) is 0 Å². The highest BCUT2D eigenvalue weighted by Crippen LogP contribution is 2.27. The van der Waals surface area contributed by atoms with Gasteiger partial charge in [-0.15, -0.1) is 0 Å². The predicted molar refractivity (Wildman–Crippen MR) is 118 cm³/mol. The highest BCUT2D eigenvalue weighted by molar-refractivity contribution is 6.88. The Hall–Kier alpha value is 0.708. The summed E-state index contributed by atoms with van der Waals surface area (Å²) in [6.07, 6.45) is 7.78. The minimum Gasteiger partial charge on any atom is -0.437 e. The summed E-state index contributed by atoms with van der Waals surface area (Å²) in [5.74, 6) is 0. The van der Waals surface area contributed by atoms with E-state index in [4.69, 9.17) is 16.8 Å². The van der Waals surface area contributed by atoms with Gasteiger partial charge in [0.25, 0.3) is 0 Å². The fourth-order valence-electron chi connectivity index (χ4n) is 3.31. The number of hydrogen-bond acceptors (Lipinski definition) is 4. The summed E-state index contributed by atoms with van der Waals surface area (Å²) in [4.78, 5) is 0. The van der Waals surface area contributed by atoms with Gasteiger partial charge in [-0.2, -0.15) is 0 Å². The zero-order valence-electron chi connectivity index (χ0n) is 18.6. The molecule has 8 heteroatoms. The summed E-state index contributed by atoms with van der Waals surface area (Å²) in [7, 11) is -6.44. The number of hydrogen-bond donors (Lipinski definition) is 0. The third-order valence-corrected chi connectivity index (χ3v) is 18.1. The molecule has 1 unspecified atom stereocenters. The zero-order chi connectivity index (χ0) is 19.8. The third kappa shape index (κ3) is 13.5. The van der Waals surface area contributed by atoms with Crippen molar-refractivity contribution in [2.24, 2.45) is 0 Å². The van der Waals surface area contributed by atoms with Crippen LogP contribution < -0.4 is 0 Å². The highest BCUT2D eigenvalue weighted by atomic mass is 28.5. The quantitative estimate of drug-likeness (QED) is 0.240. The van der Waals surface area contributed by atoms with E-state index in [0.29, 0.717) is 0 Å². The van der Waals surface area contributed by atoms with Gasteiger partial charge in [0.05, 0.1) is 0 Å². The Labute approximate surface area is 161 Å². The lowest BCUT2D eigenvalue weighted by Gasteiger charge is -2.40. The fraction of sp³-hybridized carbons (Fsp3) is 1.00. The summed E-state index contributed by atoms with van der Waals surface area (Å²) in [6, 6.07) is 1.05. The molecule has 0 aliphatic carbocycles. The van der Waals surface area contributed by atoms with Crippen LogP contribution >= 0.6 is 0 Å². The highest BCUT2D eigenvalue weighted by Gasteiger charge is 2.44. The molecular weight excluding hydrogens is 381 g/mol. The van der Waals surface area contributed by atoms with E-state index in [-0.39, 0.29) is 0 Å². The molecule has 0 spiro atoms. The van der Waals surface area contributed by atoms with Gasteiger partial charge in [-0.3, -0.25) is 0 Å². The molecule has 0 saturated heterocycles. The molecule has 25 heavy (non-hydrogen) atoms. The first-order chi connectivity index (χ1) is 11.2. The van der Waals surface area contributed by atoms with Crippen LogP contribution in [0.1, 0.15) is 45.4 Å². The molecule has 0 radical (unpaired) electrons. The first-order valence-electron chi connectivity index (χ1n) is 9.90. The van der Waals surface area contributed by atoms with E-state index in [1.54, 1.807) is 7.11 Å². The molecule has 0 aliphatic heterocycles. The maximum absolute atomic E-state index is 6.56. The second-order valence-electron chi connectivity index (χ2n) is 9.07. The molecule has 0 fully saturated rings. The van der Waals surface area contributed by atoms with E-state index >= 15 is 0 Å². The molecule has 0 aromatic carbocycles. The van der Waals surface area contributed by atoms with E-state index in [0.717, 1.165) is 6.04 Å². The number of rotatable bonds is 14. The zero-order valence-corrected chi connectivity index (χ0v) is 22.6. The molecule has 0 rings (SSSR count). The van der Waals surface area contributed by atoms with Crippen LogP contribution in [-0.2, 0) is 16.8 Å². The lowest BCUT2D eigenvalue weighted by Crippen LogP contribution is -2.57. The van der Waals surface area contributed by atoms with E-state index < -0.39 is 34.0 Å². The van der Waals surface area contributed by atoms with E-state index in [2.05, 4.69) is 59.3 Å². The molecule has 0 N–H and O–H groups in total. The molecule has 0 heterocycles. The van der Waals surface area contributed by atoms with Crippen LogP contribution in [-0.4, -0.2) is 41.1 Å². The van der Waals surface area contributed by atoms with Crippen molar-refractivity contribution in [3.05, 3.63) is 0 Å². The van der Waals surface area contributed by atoms with Gasteiger partial charge in [-0.25, -0.2) is 0 Å². The summed E-state index contributed by atoms with van der Waals surface area (Å²) in [5, 5.41) is 0. The fourth-order valence-corrected chi connectivity index (χ4v) is 21.0. The lowest BCUT2D eigenvalue weighted by molar-refractivity contribution is 0.258. The predicted octanol–water partition coefficient (Wildman–Crippen LogP) is 6.35. The second-order valence-corrected chi connectivity index (χ2v) is 24.5. The summed E-state index contributed by atoms with van der Waals surface area (Å²) in [5.41, 5.74) is 0. The smallest absolute Gasteiger partial charge is 0.325 e. The van der Waals surface area contributed by atoms with Gasteiger partial charge in [0.15, 0.2) is 8.32 Å². The summed E-state index contributed by atoms with van der Waals surface area (Å²) >= 11 is 0. The van der Waals surface area contributed by atoms with E-state index in [1.807, 2.05) is 0 Å². The molecule has 0 bridgehead atoms. The molecular formula is C17H44O4Si4. The Balaban J connectivity index is 4.58. The Bertz CT molecular complexity index is 372. The molecule has 152 valence electrons. The Morgan fingerprint density at radius 3 is 1.56 bits per heavy atom. The average molecular weight is 425 g/mol. The van der Waals surface area contributed by atoms with Crippen molar-refractivity contribution in [3.8, 4) is 0 Å². The first-order valence-corrected chi connectivity index (χ1v) is 21.5. The van der Waals surface area contributed by atoms with Crippen LogP contribution in [0.2, 0.25) is 58.4 Å². The minimum atomic E-state index is -2.28. The van der Waals surface area contributed by atoms with Crippen LogP contribution in [0.4, 0.5) is 0 Å². The molecule has 0 aromatic heterocycles. The van der Waals surface area contributed by atoms with Crippen molar-refractivity contribution in [3.63, 3.8) is 0 Å². The van der Waals surface area contributed by atoms with Gasteiger partial charge < -0.3 is 16.8 Å². The van der Waals surface area contributed by atoms with Gasteiger partial charge in [0.1, 0.15) is 0 Å². The lowest BCUT2D eigenvalue weighted by atomic mass is 10.1. The standard InChI is InChI=1S/C17H44O4Si4/c1-11-12-13-14-15-16-17-25(10,18-2)21-24(8,9)20-23(6,7)19-22(3,4)5/h11-17H2,1-10H3. The topological polar surface area (TPSA) is 36.9 Å². The Kier molecular flexibility index (Phi) is 11.2. The maximum Gasteiger partial charge on any atom is 0.325 e. The minimum absolute atomic E-state index is 1.05. The normalized spacial score (nSPS) is 16.1. The van der Waals surface area contributed by atoms with Crippen molar-refractivity contribution in [1.29, 1.82) is 0 Å². The van der Waals surface area contributed by atoms with E-state index in [1.165, 1.54) is 38.5 Å². The Morgan fingerprint density at radius 2 is 1.08 bits per heavy atom. The first kappa shape index (κ1) is 25.7. The SMILES string of the molecule is CCCCCCCC[Si](C)(OC)O[Si](C)(C)O[Si](C)(C)O[Si](C)(C)C. The summed E-state index contributed by atoms with van der Waals surface area (Å²) in [6.45, 7) is 19.7. The number of unbranched alkanes of at least 4 members (excludes halogenated alkanes) is 5. The molecule has 0 aliphatic rings. The molecule has 1 atom stereocenters. The second kappa shape index (κ2) is 10.9. The Morgan fingerprint density at radius 1 is 0.600 bits per heavy atom. The van der Waals surface area contributed by atoms with Crippen molar-refractivity contribution in [2.75, 3.05) is 7.11 Å². The van der Waals surface area contributed by atoms with Crippen LogP contribution in [0, 0.1) is 0 Å². The monoisotopic (exact) mass is 424 g/mol. The molecule has 0 aromatic rings. The van der Waals surface area contributed by atoms with Crippen LogP contribution in [0.5, 0.6) is 0 Å². The van der Waals surface area contributed by atoms with Gasteiger partial charge in [-0.1, -0.05) is 45.4 Å². The van der Waals surface area contributed by atoms with Gasteiger partial charge >= 0.3 is 25.7 Å². The van der Waals surface area contributed by atoms with Crippen molar-refractivity contribution < 1.29 is 16.8 Å². The summed E-state index contributed by atoms with van der Waals surface area (Å²) < 4.78 is 25.2. The van der Waals surface area contributed by atoms with Crippen molar-refractivity contribution in [1.82, 2.24) is 0 Å². The molecule has 0 amide bonds.